The molecule has 0 radical (unpaired) electrons. The zero-order chi connectivity index (χ0) is 21.4. The van der Waals surface area contributed by atoms with Crippen LogP contribution in [-0.2, 0) is 13.0 Å². The number of nitrogens with zero attached hydrogens (tertiary/aromatic N) is 3. The molecule has 2 aliphatic rings. The van der Waals surface area contributed by atoms with Crippen molar-refractivity contribution in [2.24, 2.45) is 0 Å². The van der Waals surface area contributed by atoms with Crippen molar-refractivity contribution in [3.63, 3.8) is 0 Å². The first-order chi connectivity index (χ1) is 14.4. The van der Waals surface area contributed by atoms with E-state index in [1.165, 1.54) is 11.1 Å². The number of benzene rings is 2. The topological polar surface area (TPSA) is 80.6 Å². The largest absolute Gasteiger partial charge is 0.349 e. The second-order valence-corrected chi connectivity index (χ2v) is 8.11. The van der Waals surface area contributed by atoms with Crippen molar-refractivity contribution in [2.75, 3.05) is 0 Å². The molecular weight excluding hydrogens is 400 g/mol. The molecule has 0 aromatic heterocycles. The molecule has 1 N–H and O–H groups in total. The molecule has 154 valence electrons. The van der Waals surface area contributed by atoms with Crippen LogP contribution in [0, 0.1) is 6.92 Å². The van der Waals surface area contributed by atoms with Gasteiger partial charge in [-0.15, -0.1) is 0 Å². The minimum absolute atomic E-state index is 0.187. The highest BCUT2D eigenvalue weighted by Crippen LogP contribution is 2.27. The fourth-order valence-electron chi connectivity index (χ4n) is 3.88. The van der Waals surface area contributed by atoms with Gasteiger partial charge in [-0.25, -0.2) is 9.78 Å². The average Bonchev–Trinajstić information content (AvgIpc) is 2.71. The van der Waals surface area contributed by atoms with Gasteiger partial charge >= 0.3 is 5.69 Å². The van der Waals surface area contributed by atoms with Crippen molar-refractivity contribution in [1.82, 2.24) is 19.5 Å². The number of halogens is 1. The van der Waals surface area contributed by atoms with Gasteiger partial charge in [0.05, 0.1) is 11.0 Å². The number of fused-ring (bicyclic) bond motifs is 2. The van der Waals surface area contributed by atoms with Gasteiger partial charge < -0.3 is 4.57 Å². The molecule has 0 spiro atoms. The van der Waals surface area contributed by atoms with Gasteiger partial charge in [-0.3, -0.25) is 9.78 Å². The van der Waals surface area contributed by atoms with E-state index in [0.29, 0.717) is 17.4 Å². The van der Waals surface area contributed by atoms with Gasteiger partial charge in [0.15, 0.2) is 11.5 Å². The third-order valence-electron chi connectivity index (χ3n) is 5.67. The lowest BCUT2D eigenvalue weighted by atomic mass is 9.97. The van der Waals surface area contributed by atoms with Crippen LogP contribution in [0.5, 0.6) is 0 Å². The predicted octanol–water partition coefficient (Wildman–Crippen LogP) is 4.30. The first kappa shape index (κ1) is 20.3. The van der Waals surface area contributed by atoms with Crippen molar-refractivity contribution in [3.05, 3.63) is 78.9 Å². The van der Waals surface area contributed by atoms with Crippen LogP contribution in [-0.4, -0.2) is 19.5 Å². The highest BCUT2D eigenvalue weighted by Gasteiger charge is 2.20. The molecule has 2 aliphatic heterocycles. The molecular formula is C23H23ClN4O2. The van der Waals surface area contributed by atoms with Crippen LogP contribution in [0.15, 0.2) is 46.0 Å². The molecule has 6 nitrogen and oxygen atoms in total. The van der Waals surface area contributed by atoms with E-state index < -0.39 is 11.2 Å². The summed E-state index contributed by atoms with van der Waals surface area (Å²) >= 11 is 6.01. The molecule has 30 heavy (non-hydrogen) atoms. The molecule has 0 fully saturated rings. The number of aryl methyl sites for hydroxylation is 3. The Labute approximate surface area is 178 Å². The molecule has 1 atom stereocenters. The van der Waals surface area contributed by atoms with Gasteiger partial charge in [0.25, 0.3) is 5.56 Å². The van der Waals surface area contributed by atoms with E-state index in [9.17, 15) is 9.59 Å². The van der Waals surface area contributed by atoms with Crippen molar-refractivity contribution < 1.29 is 0 Å². The summed E-state index contributed by atoms with van der Waals surface area (Å²) in [5.74, 6) is 0.584. The first-order valence-corrected chi connectivity index (χ1v) is 10.4. The molecule has 2 heterocycles. The molecule has 0 saturated carbocycles. The summed E-state index contributed by atoms with van der Waals surface area (Å²) in [6.45, 7) is 6.90. The Kier molecular flexibility index (Phi) is 5.43. The van der Waals surface area contributed by atoms with E-state index in [2.05, 4.69) is 41.8 Å². The van der Waals surface area contributed by atoms with Crippen LogP contribution in [0.3, 0.4) is 0 Å². The fourth-order valence-corrected chi connectivity index (χ4v) is 4.00. The quantitative estimate of drug-likeness (QED) is 0.486. The van der Waals surface area contributed by atoms with E-state index in [4.69, 9.17) is 11.6 Å². The van der Waals surface area contributed by atoms with Gasteiger partial charge in [-0.05, 0) is 66.6 Å². The zero-order valence-corrected chi connectivity index (χ0v) is 18.0. The number of aromatic nitrogens is 4. The van der Waals surface area contributed by atoms with E-state index in [1.807, 2.05) is 34.9 Å². The number of hydrogen-bond donors (Lipinski definition) is 1. The maximum Gasteiger partial charge on any atom is 0.349 e. The van der Waals surface area contributed by atoms with Crippen molar-refractivity contribution in [3.8, 4) is 11.5 Å². The van der Waals surface area contributed by atoms with Crippen LogP contribution in [0.1, 0.15) is 42.9 Å². The minimum Gasteiger partial charge on any atom is -0.322 e. The lowest BCUT2D eigenvalue weighted by molar-refractivity contribution is 0.582. The molecule has 0 bridgehead atoms. The van der Waals surface area contributed by atoms with Crippen LogP contribution >= 0.6 is 11.6 Å². The maximum atomic E-state index is 12.4. The van der Waals surface area contributed by atoms with Crippen LogP contribution in [0.4, 0.5) is 0 Å². The Bertz CT molecular complexity index is 1310. The number of hydrogen-bond acceptors (Lipinski definition) is 4. The Morgan fingerprint density at radius 1 is 1.13 bits per heavy atom. The summed E-state index contributed by atoms with van der Waals surface area (Å²) in [6, 6.07) is 11.9. The number of aromatic amines is 1. The number of H-pyrrole nitrogens is 1. The summed E-state index contributed by atoms with van der Waals surface area (Å²) in [7, 11) is 0. The van der Waals surface area contributed by atoms with E-state index in [1.54, 1.807) is 0 Å². The average molecular weight is 423 g/mol. The SMILES string of the molecule is CCc1cc2nc3c(=O)[nH]c(=O)nc-3n(CCC(C)c3ccc(Cl)cc3)c2cc1C. The number of rotatable bonds is 5. The van der Waals surface area contributed by atoms with E-state index in [-0.39, 0.29) is 11.6 Å². The van der Waals surface area contributed by atoms with Crippen molar-refractivity contribution in [2.45, 2.75) is 46.1 Å². The maximum absolute atomic E-state index is 12.4. The summed E-state index contributed by atoms with van der Waals surface area (Å²) in [4.78, 5) is 35.2. The van der Waals surface area contributed by atoms with E-state index >= 15 is 0 Å². The highest BCUT2D eigenvalue weighted by atomic mass is 35.5. The second kappa shape index (κ2) is 8.03. The van der Waals surface area contributed by atoms with Crippen LogP contribution in [0.2, 0.25) is 5.02 Å². The molecule has 7 heteroatoms. The molecule has 0 amide bonds. The van der Waals surface area contributed by atoms with Gasteiger partial charge in [0, 0.05) is 11.6 Å². The monoisotopic (exact) mass is 422 g/mol. The number of nitrogens with one attached hydrogen (secondary N) is 1. The lowest BCUT2D eigenvalue weighted by Gasteiger charge is -2.20. The minimum atomic E-state index is -0.657. The normalized spacial score (nSPS) is 12.5. The molecule has 0 aliphatic carbocycles. The molecule has 4 rings (SSSR count). The molecule has 2 aromatic rings. The second-order valence-electron chi connectivity index (χ2n) is 7.67. The third-order valence-corrected chi connectivity index (χ3v) is 5.92. The third kappa shape index (κ3) is 3.75. The van der Waals surface area contributed by atoms with Crippen molar-refractivity contribution >= 4 is 22.6 Å². The first-order valence-electron chi connectivity index (χ1n) is 10.1. The smallest absolute Gasteiger partial charge is 0.322 e. The zero-order valence-electron chi connectivity index (χ0n) is 17.2. The lowest BCUT2D eigenvalue weighted by Crippen LogP contribution is -2.29. The van der Waals surface area contributed by atoms with Crippen molar-refractivity contribution in [1.29, 1.82) is 0 Å². The van der Waals surface area contributed by atoms with Gasteiger partial charge in [-0.1, -0.05) is 37.6 Å². The van der Waals surface area contributed by atoms with Crippen LogP contribution < -0.4 is 11.2 Å². The summed E-state index contributed by atoms with van der Waals surface area (Å²) in [5, 5.41) is 0.708. The fraction of sp³-hybridized carbons (Fsp3) is 0.304. The van der Waals surface area contributed by atoms with E-state index in [0.717, 1.165) is 29.4 Å². The molecule has 0 saturated heterocycles. The van der Waals surface area contributed by atoms with Gasteiger partial charge in [0.1, 0.15) is 0 Å². The van der Waals surface area contributed by atoms with Gasteiger partial charge in [-0.2, -0.15) is 4.98 Å². The Morgan fingerprint density at radius 3 is 2.57 bits per heavy atom. The molecule has 2 aromatic carbocycles. The predicted molar refractivity (Wildman–Crippen MR) is 120 cm³/mol. The van der Waals surface area contributed by atoms with Gasteiger partial charge in [0.2, 0.25) is 0 Å². The Morgan fingerprint density at radius 2 is 1.87 bits per heavy atom. The highest BCUT2D eigenvalue weighted by molar-refractivity contribution is 6.30. The Hall–Kier alpha value is -2.99. The summed E-state index contributed by atoms with van der Waals surface area (Å²) in [6.07, 6.45) is 1.68. The molecule has 1 unspecified atom stereocenters. The summed E-state index contributed by atoms with van der Waals surface area (Å²) < 4.78 is 1.95. The standard InChI is InChI=1S/C23H23ClN4O2/c1-4-15-12-18-19(11-14(15)3)28(21-20(25-18)22(29)27-23(30)26-21)10-9-13(2)16-5-7-17(24)8-6-16/h5-8,11-13H,4,9-10H2,1-3H3,(H,27,29,30). The summed E-state index contributed by atoms with van der Waals surface area (Å²) in [5.41, 5.74) is 4.14. The Balaban J connectivity index is 1.84. The van der Waals surface area contributed by atoms with Crippen LogP contribution in [0.25, 0.3) is 22.6 Å².